The molecule has 1 aromatic heterocycles. The number of anilines is 1. The summed E-state index contributed by atoms with van der Waals surface area (Å²) >= 11 is 0. The van der Waals surface area contributed by atoms with E-state index in [1.807, 2.05) is 45.0 Å². The van der Waals surface area contributed by atoms with Crippen LogP contribution in [-0.4, -0.2) is 11.2 Å². The largest absolute Gasteiger partial charge is 0.361 e. The molecule has 0 radical (unpaired) electrons. The Labute approximate surface area is 123 Å². The Kier molecular flexibility index (Phi) is 4.59. The first-order chi connectivity index (χ1) is 9.97. The first-order valence-electron chi connectivity index (χ1n) is 6.79. The molecule has 0 bridgehead atoms. The Balaban J connectivity index is 1.94. The van der Waals surface area contributed by atoms with Gasteiger partial charge in [-0.25, -0.2) is 4.79 Å². The summed E-state index contributed by atoms with van der Waals surface area (Å²) in [6, 6.07) is 7.12. The first kappa shape index (κ1) is 15.1. The Bertz CT molecular complexity index is 615. The Morgan fingerprint density at radius 2 is 2.19 bits per heavy atom. The molecular weight excluding hydrogens is 268 g/mol. The second kappa shape index (κ2) is 6.41. The molecule has 1 atom stereocenters. The third kappa shape index (κ3) is 3.82. The molecule has 2 aromatic rings. The number of hydrogen-bond donors (Lipinski definition) is 3. The molecule has 0 aliphatic heterocycles. The van der Waals surface area contributed by atoms with E-state index in [4.69, 9.17) is 10.3 Å². The monoisotopic (exact) mass is 288 g/mol. The smallest absolute Gasteiger partial charge is 0.319 e. The minimum atomic E-state index is -0.281. The molecule has 1 aromatic carbocycles. The van der Waals surface area contributed by atoms with Crippen LogP contribution in [0.2, 0.25) is 0 Å². The molecule has 0 aliphatic carbocycles. The summed E-state index contributed by atoms with van der Waals surface area (Å²) in [5.41, 5.74) is 9.19. The van der Waals surface area contributed by atoms with Crippen LogP contribution in [0.25, 0.3) is 0 Å². The minimum absolute atomic E-state index is 0.0721. The fraction of sp³-hybridized carbons (Fsp3) is 0.333. The lowest BCUT2D eigenvalue weighted by atomic mass is 10.1. The summed E-state index contributed by atoms with van der Waals surface area (Å²) in [6.45, 7) is 5.94. The highest BCUT2D eigenvalue weighted by Crippen LogP contribution is 2.16. The maximum absolute atomic E-state index is 11.9. The van der Waals surface area contributed by atoms with Crippen molar-refractivity contribution in [2.75, 3.05) is 5.32 Å². The summed E-state index contributed by atoms with van der Waals surface area (Å²) in [7, 11) is 0. The van der Waals surface area contributed by atoms with Gasteiger partial charge in [-0.2, -0.15) is 0 Å². The standard InChI is InChI=1S/C15H20N4O2/c1-9(16)12-5-4-6-13(7-12)18-15(20)17-8-14-10(2)19-21-11(14)3/h4-7,9H,8,16H2,1-3H3,(H2,17,18,20). The van der Waals surface area contributed by atoms with Gasteiger partial charge in [-0.05, 0) is 38.5 Å². The van der Waals surface area contributed by atoms with Crippen molar-refractivity contribution < 1.29 is 9.32 Å². The molecule has 0 aliphatic rings. The van der Waals surface area contributed by atoms with Crippen LogP contribution in [0.5, 0.6) is 0 Å². The number of urea groups is 1. The van der Waals surface area contributed by atoms with Crippen molar-refractivity contribution in [3.8, 4) is 0 Å². The van der Waals surface area contributed by atoms with Crippen LogP contribution in [0.1, 0.15) is 35.5 Å². The van der Waals surface area contributed by atoms with E-state index in [1.54, 1.807) is 0 Å². The number of nitrogens with two attached hydrogens (primary N) is 1. The average Bonchev–Trinajstić information content (AvgIpc) is 2.76. The predicted octanol–water partition coefficient (Wildman–Crippen LogP) is 2.63. The van der Waals surface area contributed by atoms with Crippen LogP contribution < -0.4 is 16.4 Å². The quantitative estimate of drug-likeness (QED) is 0.806. The summed E-state index contributed by atoms with van der Waals surface area (Å²) in [6.07, 6.45) is 0. The van der Waals surface area contributed by atoms with Gasteiger partial charge in [0.05, 0.1) is 5.69 Å². The molecule has 1 unspecified atom stereocenters. The number of aryl methyl sites for hydroxylation is 2. The molecule has 21 heavy (non-hydrogen) atoms. The average molecular weight is 288 g/mol. The molecule has 2 amide bonds. The van der Waals surface area contributed by atoms with Crippen molar-refractivity contribution in [3.05, 3.63) is 46.8 Å². The Hall–Kier alpha value is -2.34. The zero-order valence-corrected chi connectivity index (χ0v) is 12.4. The maximum Gasteiger partial charge on any atom is 0.319 e. The fourth-order valence-electron chi connectivity index (χ4n) is 2.00. The van der Waals surface area contributed by atoms with Gasteiger partial charge in [0.2, 0.25) is 0 Å². The van der Waals surface area contributed by atoms with E-state index in [9.17, 15) is 4.79 Å². The van der Waals surface area contributed by atoms with Gasteiger partial charge in [0.25, 0.3) is 0 Å². The molecular formula is C15H20N4O2. The molecule has 0 spiro atoms. The number of hydrogen-bond acceptors (Lipinski definition) is 4. The molecule has 4 N–H and O–H groups in total. The fourth-order valence-corrected chi connectivity index (χ4v) is 2.00. The minimum Gasteiger partial charge on any atom is -0.361 e. The summed E-state index contributed by atoms with van der Waals surface area (Å²) in [5, 5.41) is 9.41. The van der Waals surface area contributed by atoms with Gasteiger partial charge < -0.3 is 20.9 Å². The van der Waals surface area contributed by atoms with Crippen LogP contribution in [-0.2, 0) is 6.54 Å². The van der Waals surface area contributed by atoms with Crippen molar-refractivity contribution in [2.24, 2.45) is 5.73 Å². The highest BCUT2D eigenvalue weighted by molar-refractivity contribution is 5.89. The van der Waals surface area contributed by atoms with E-state index >= 15 is 0 Å². The zero-order chi connectivity index (χ0) is 15.4. The van der Waals surface area contributed by atoms with Gasteiger partial charge >= 0.3 is 6.03 Å². The van der Waals surface area contributed by atoms with Crippen LogP contribution >= 0.6 is 0 Å². The number of benzene rings is 1. The Morgan fingerprint density at radius 1 is 1.43 bits per heavy atom. The van der Waals surface area contributed by atoms with E-state index < -0.39 is 0 Å². The van der Waals surface area contributed by atoms with Crippen molar-refractivity contribution >= 4 is 11.7 Å². The molecule has 6 heteroatoms. The number of nitrogens with one attached hydrogen (secondary N) is 2. The molecule has 0 fully saturated rings. The van der Waals surface area contributed by atoms with Crippen molar-refractivity contribution in [2.45, 2.75) is 33.4 Å². The van der Waals surface area contributed by atoms with E-state index in [0.717, 1.165) is 16.8 Å². The van der Waals surface area contributed by atoms with E-state index in [1.165, 1.54) is 0 Å². The lowest BCUT2D eigenvalue weighted by Gasteiger charge is -2.10. The van der Waals surface area contributed by atoms with Crippen molar-refractivity contribution in [1.29, 1.82) is 0 Å². The van der Waals surface area contributed by atoms with E-state index in [-0.39, 0.29) is 12.1 Å². The lowest BCUT2D eigenvalue weighted by molar-refractivity contribution is 0.251. The number of aromatic nitrogens is 1. The number of rotatable bonds is 4. The second-order valence-electron chi connectivity index (χ2n) is 5.02. The molecule has 1 heterocycles. The van der Waals surface area contributed by atoms with Gasteiger partial charge in [0.1, 0.15) is 5.76 Å². The predicted molar refractivity (Wildman–Crippen MR) is 80.9 cm³/mol. The second-order valence-corrected chi connectivity index (χ2v) is 5.02. The third-order valence-electron chi connectivity index (χ3n) is 3.28. The molecule has 0 saturated heterocycles. The number of carbonyl (C=O) groups is 1. The number of amides is 2. The lowest BCUT2D eigenvalue weighted by Crippen LogP contribution is -2.28. The van der Waals surface area contributed by atoms with Crippen LogP contribution in [0, 0.1) is 13.8 Å². The topological polar surface area (TPSA) is 93.2 Å². The summed E-state index contributed by atoms with van der Waals surface area (Å²) in [4.78, 5) is 11.9. The van der Waals surface area contributed by atoms with Gasteiger partial charge in [-0.15, -0.1) is 0 Å². The summed E-state index contributed by atoms with van der Waals surface area (Å²) < 4.78 is 5.05. The maximum atomic E-state index is 11.9. The first-order valence-corrected chi connectivity index (χ1v) is 6.79. The zero-order valence-electron chi connectivity index (χ0n) is 12.4. The number of nitrogens with zero attached hydrogens (tertiary/aromatic N) is 1. The SMILES string of the molecule is Cc1noc(C)c1CNC(=O)Nc1cccc(C(C)N)c1. The molecule has 112 valence electrons. The van der Waals surface area contributed by atoms with Gasteiger partial charge in [-0.1, -0.05) is 17.3 Å². The van der Waals surface area contributed by atoms with E-state index in [0.29, 0.717) is 18.0 Å². The normalized spacial score (nSPS) is 12.0. The molecule has 6 nitrogen and oxygen atoms in total. The van der Waals surface area contributed by atoms with Gasteiger partial charge in [-0.3, -0.25) is 0 Å². The highest BCUT2D eigenvalue weighted by Gasteiger charge is 2.10. The third-order valence-corrected chi connectivity index (χ3v) is 3.28. The highest BCUT2D eigenvalue weighted by atomic mass is 16.5. The summed E-state index contributed by atoms with van der Waals surface area (Å²) in [5.74, 6) is 0.715. The Morgan fingerprint density at radius 3 is 2.81 bits per heavy atom. The van der Waals surface area contributed by atoms with Crippen molar-refractivity contribution in [1.82, 2.24) is 10.5 Å². The van der Waals surface area contributed by atoms with Crippen LogP contribution in [0.15, 0.2) is 28.8 Å². The molecule has 2 rings (SSSR count). The van der Waals surface area contributed by atoms with Gasteiger partial charge in [0.15, 0.2) is 0 Å². The van der Waals surface area contributed by atoms with Crippen LogP contribution in [0.3, 0.4) is 0 Å². The van der Waals surface area contributed by atoms with Crippen molar-refractivity contribution in [3.63, 3.8) is 0 Å². The molecule has 0 saturated carbocycles. The van der Waals surface area contributed by atoms with Crippen LogP contribution in [0.4, 0.5) is 10.5 Å². The van der Waals surface area contributed by atoms with Gasteiger partial charge in [0, 0.05) is 23.8 Å². The van der Waals surface area contributed by atoms with E-state index in [2.05, 4.69) is 15.8 Å². The number of carbonyl (C=O) groups excluding carboxylic acids is 1.